The van der Waals surface area contributed by atoms with E-state index in [-0.39, 0.29) is 12.5 Å². The molecule has 2 heterocycles. The van der Waals surface area contributed by atoms with Crippen LogP contribution in [0.25, 0.3) is 0 Å². The van der Waals surface area contributed by atoms with Gasteiger partial charge >= 0.3 is 0 Å². The lowest BCUT2D eigenvalue weighted by Crippen LogP contribution is -2.37. The van der Waals surface area contributed by atoms with Crippen LogP contribution in [0, 0.1) is 0 Å². The van der Waals surface area contributed by atoms with Crippen LogP contribution in [0.3, 0.4) is 0 Å². The first-order chi connectivity index (χ1) is 8.00. The topological polar surface area (TPSA) is 102 Å². The number of hydrogen-bond donors (Lipinski definition) is 1. The van der Waals surface area contributed by atoms with Crippen LogP contribution in [-0.4, -0.2) is 42.2 Å². The van der Waals surface area contributed by atoms with Gasteiger partial charge in [0.1, 0.15) is 0 Å². The Balaban J connectivity index is 1.99. The molecular weight excluding hydrogens is 244 g/mol. The maximum atomic E-state index is 11.3. The number of nitrogens with two attached hydrogens (primary N) is 1. The van der Waals surface area contributed by atoms with Crippen molar-refractivity contribution in [3.05, 3.63) is 11.7 Å². The highest BCUT2D eigenvalue weighted by molar-refractivity contribution is 7.88. The number of aromatic nitrogens is 2. The van der Waals surface area contributed by atoms with E-state index in [9.17, 15) is 8.42 Å². The van der Waals surface area contributed by atoms with Gasteiger partial charge in [-0.2, -0.15) is 4.98 Å². The van der Waals surface area contributed by atoms with Crippen LogP contribution < -0.4 is 5.73 Å². The summed E-state index contributed by atoms with van der Waals surface area (Å²) >= 11 is 0. The van der Waals surface area contributed by atoms with Crippen molar-refractivity contribution in [2.75, 3.05) is 19.3 Å². The zero-order chi connectivity index (χ0) is 12.5. The molecule has 0 atom stereocenters. The van der Waals surface area contributed by atoms with Gasteiger partial charge in [-0.3, -0.25) is 0 Å². The van der Waals surface area contributed by atoms with Crippen molar-refractivity contribution in [1.29, 1.82) is 0 Å². The van der Waals surface area contributed by atoms with Crippen molar-refractivity contribution in [1.82, 2.24) is 14.4 Å². The minimum absolute atomic E-state index is 0.140. The minimum Gasteiger partial charge on any atom is -0.339 e. The van der Waals surface area contributed by atoms with E-state index in [1.54, 1.807) is 0 Å². The Hall–Kier alpha value is -0.990. The third-order valence-corrected chi connectivity index (χ3v) is 4.24. The zero-order valence-corrected chi connectivity index (χ0v) is 10.5. The van der Waals surface area contributed by atoms with Crippen LogP contribution in [-0.2, 0) is 16.6 Å². The third kappa shape index (κ3) is 2.82. The second kappa shape index (κ2) is 4.71. The lowest BCUT2D eigenvalue weighted by atomic mass is 9.98. The zero-order valence-electron chi connectivity index (χ0n) is 9.66. The predicted molar refractivity (Wildman–Crippen MR) is 60.6 cm³/mol. The minimum atomic E-state index is -3.08. The van der Waals surface area contributed by atoms with Crippen LogP contribution in [0.5, 0.6) is 0 Å². The van der Waals surface area contributed by atoms with Gasteiger partial charge in [-0.25, -0.2) is 12.7 Å². The molecule has 0 spiro atoms. The van der Waals surface area contributed by atoms with Gasteiger partial charge in [0.25, 0.3) is 0 Å². The van der Waals surface area contributed by atoms with Gasteiger partial charge in [-0.1, -0.05) is 5.16 Å². The summed E-state index contributed by atoms with van der Waals surface area (Å²) < 4.78 is 29.3. The van der Waals surface area contributed by atoms with E-state index in [1.165, 1.54) is 10.6 Å². The highest BCUT2D eigenvalue weighted by Gasteiger charge is 2.28. The van der Waals surface area contributed by atoms with Crippen LogP contribution in [0.15, 0.2) is 4.52 Å². The molecule has 0 aliphatic carbocycles. The van der Waals surface area contributed by atoms with Crippen molar-refractivity contribution < 1.29 is 12.9 Å². The second-order valence-electron chi connectivity index (χ2n) is 4.19. The van der Waals surface area contributed by atoms with Crippen molar-refractivity contribution in [2.24, 2.45) is 5.73 Å². The number of sulfonamides is 1. The molecule has 0 unspecified atom stereocenters. The second-order valence-corrected chi connectivity index (χ2v) is 6.17. The molecule has 1 aliphatic rings. The average molecular weight is 260 g/mol. The Kier molecular flexibility index (Phi) is 3.45. The summed E-state index contributed by atoms with van der Waals surface area (Å²) in [5, 5.41) is 3.73. The molecule has 0 amide bonds. The predicted octanol–water partition coefficient (Wildman–Crippen LogP) is -0.333. The summed E-state index contributed by atoms with van der Waals surface area (Å²) in [4.78, 5) is 4.17. The SMILES string of the molecule is CS(=O)(=O)N1CCC(c2nc(CN)no2)CC1. The summed E-state index contributed by atoms with van der Waals surface area (Å²) in [5.74, 6) is 1.20. The molecule has 0 saturated carbocycles. The maximum absolute atomic E-state index is 11.3. The molecule has 0 radical (unpaired) electrons. The molecule has 2 rings (SSSR count). The van der Waals surface area contributed by atoms with Gasteiger partial charge in [0.2, 0.25) is 15.9 Å². The first-order valence-electron chi connectivity index (χ1n) is 5.48. The maximum Gasteiger partial charge on any atom is 0.229 e. The fraction of sp³-hybridized carbons (Fsp3) is 0.778. The lowest BCUT2D eigenvalue weighted by Gasteiger charge is -2.28. The van der Waals surface area contributed by atoms with Gasteiger partial charge in [0.05, 0.1) is 12.8 Å². The number of nitrogens with zero attached hydrogens (tertiary/aromatic N) is 3. The van der Waals surface area contributed by atoms with E-state index in [4.69, 9.17) is 10.3 Å². The van der Waals surface area contributed by atoms with E-state index in [0.717, 1.165) is 0 Å². The highest BCUT2D eigenvalue weighted by Crippen LogP contribution is 2.27. The van der Waals surface area contributed by atoms with Gasteiger partial charge in [-0.15, -0.1) is 0 Å². The Morgan fingerprint density at radius 2 is 2.12 bits per heavy atom. The van der Waals surface area contributed by atoms with Crippen LogP contribution in [0.4, 0.5) is 0 Å². The summed E-state index contributed by atoms with van der Waals surface area (Å²) in [6, 6.07) is 0. The molecule has 1 aliphatic heterocycles. The van der Waals surface area contributed by atoms with Crippen LogP contribution >= 0.6 is 0 Å². The Morgan fingerprint density at radius 3 is 2.59 bits per heavy atom. The molecule has 7 nitrogen and oxygen atoms in total. The number of hydrogen-bond acceptors (Lipinski definition) is 6. The summed E-state index contributed by atoms with van der Waals surface area (Å²) in [6.45, 7) is 1.26. The molecular formula is C9H16N4O3S. The van der Waals surface area contributed by atoms with Gasteiger partial charge in [0.15, 0.2) is 5.82 Å². The normalized spacial score (nSPS) is 19.6. The third-order valence-electron chi connectivity index (χ3n) is 2.94. The fourth-order valence-corrected chi connectivity index (χ4v) is 2.82. The van der Waals surface area contributed by atoms with Crippen molar-refractivity contribution in [3.8, 4) is 0 Å². The molecule has 2 N–H and O–H groups in total. The molecule has 1 aromatic heterocycles. The first-order valence-corrected chi connectivity index (χ1v) is 7.33. The molecule has 1 aromatic rings. The van der Waals surface area contributed by atoms with Gasteiger partial charge in [0, 0.05) is 19.0 Å². The standard InChI is InChI=1S/C9H16N4O3S/c1-17(14,15)13-4-2-7(3-5-13)9-11-8(6-10)12-16-9/h7H,2-6,10H2,1H3. The molecule has 0 bridgehead atoms. The van der Waals surface area contributed by atoms with E-state index in [2.05, 4.69) is 10.1 Å². The number of piperidine rings is 1. The molecule has 17 heavy (non-hydrogen) atoms. The van der Waals surface area contributed by atoms with Crippen LogP contribution in [0.1, 0.15) is 30.5 Å². The van der Waals surface area contributed by atoms with Gasteiger partial charge in [-0.05, 0) is 12.8 Å². The largest absolute Gasteiger partial charge is 0.339 e. The molecule has 96 valence electrons. The van der Waals surface area contributed by atoms with E-state index >= 15 is 0 Å². The van der Waals surface area contributed by atoms with E-state index in [1.807, 2.05) is 0 Å². The molecule has 1 fully saturated rings. The molecule has 1 saturated heterocycles. The van der Waals surface area contributed by atoms with Crippen LogP contribution in [0.2, 0.25) is 0 Å². The Bertz CT molecular complexity index is 476. The van der Waals surface area contributed by atoms with E-state index < -0.39 is 10.0 Å². The first kappa shape index (κ1) is 12.5. The molecule has 8 heteroatoms. The fourth-order valence-electron chi connectivity index (χ4n) is 1.95. The quantitative estimate of drug-likeness (QED) is 0.798. The van der Waals surface area contributed by atoms with Crippen molar-refractivity contribution >= 4 is 10.0 Å². The summed E-state index contributed by atoms with van der Waals surface area (Å²) in [5.41, 5.74) is 5.40. The number of rotatable bonds is 3. The lowest BCUT2D eigenvalue weighted by molar-refractivity contribution is 0.271. The Labute approximate surface area is 100 Å². The van der Waals surface area contributed by atoms with Gasteiger partial charge < -0.3 is 10.3 Å². The Morgan fingerprint density at radius 1 is 1.47 bits per heavy atom. The average Bonchev–Trinajstić information content (AvgIpc) is 2.76. The molecule has 0 aromatic carbocycles. The monoisotopic (exact) mass is 260 g/mol. The van der Waals surface area contributed by atoms with E-state index in [0.29, 0.717) is 37.6 Å². The van der Waals surface area contributed by atoms with Crippen molar-refractivity contribution in [3.63, 3.8) is 0 Å². The summed E-state index contributed by atoms with van der Waals surface area (Å²) in [6.07, 6.45) is 2.64. The highest BCUT2D eigenvalue weighted by atomic mass is 32.2. The smallest absolute Gasteiger partial charge is 0.229 e. The van der Waals surface area contributed by atoms with Crippen molar-refractivity contribution in [2.45, 2.75) is 25.3 Å². The summed E-state index contributed by atoms with van der Waals surface area (Å²) in [7, 11) is -3.08.